The summed E-state index contributed by atoms with van der Waals surface area (Å²) >= 11 is 0. The molecule has 0 spiro atoms. The smallest absolute Gasteiger partial charge is 0.129 e. The Morgan fingerprint density at radius 1 is 1.43 bits per heavy atom. The quantitative estimate of drug-likeness (QED) is 0.689. The molecule has 0 saturated carbocycles. The van der Waals surface area contributed by atoms with Gasteiger partial charge in [-0.25, -0.2) is 9.97 Å². The Hall–Kier alpha value is -1.16. The summed E-state index contributed by atoms with van der Waals surface area (Å²) in [4.78, 5) is 8.60. The Morgan fingerprint density at radius 3 is 2.86 bits per heavy atom. The zero-order valence-corrected chi connectivity index (χ0v) is 8.88. The van der Waals surface area contributed by atoms with Crippen molar-refractivity contribution in [3.05, 3.63) is 17.6 Å². The normalized spacial score (nSPS) is 10.2. The molecule has 14 heavy (non-hydrogen) atoms. The first kappa shape index (κ1) is 10.9. The van der Waals surface area contributed by atoms with Gasteiger partial charge in [0.15, 0.2) is 0 Å². The molecule has 0 aliphatic heterocycles. The average Bonchev–Trinajstić information content (AvgIpc) is 2.17. The van der Waals surface area contributed by atoms with Crippen LogP contribution in [0.4, 0.5) is 5.82 Å². The first-order chi connectivity index (χ1) is 6.76. The van der Waals surface area contributed by atoms with E-state index in [-0.39, 0.29) is 0 Å². The van der Waals surface area contributed by atoms with Crippen LogP contribution in [0.2, 0.25) is 0 Å². The van der Waals surface area contributed by atoms with Gasteiger partial charge in [-0.2, -0.15) is 0 Å². The molecular weight excluding hydrogens is 176 g/mol. The topological polar surface area (TPSA) is 63.8 Å². The summed E-state index contributed by atoms with van der Waals surface area (Å²) in [6.45, 7) is 5.58. The van der Waals surface area contributed by atoms with Crippen molar-refractivity contribution in [2.45, 2.75) is 26.7 Å². The first-order valence-electron chi connectivity index (χ1n) is 5.04. The van der Waals surface area contributed by atoms with Gasteiger partial charge in [0.05, 0.1) is 0 Å². The van der Waals surface area contributed by atoms with Gasteiger partial charge < -0.3 is 11.1 Å². The van der Waals surface area contributed by atoms with E-state index < -0.39 is 0 Å². The molecule has 4 nitrogen and oxygen atoms in total. The maximum Gasteiger partial charge on any atom is 0.129 e. The number of nitrogens with zero attached hydrogens (tertiary/aromatic N) is 2. The summed E-state index contributed by atoms with van der Waals surface area (Å²) in [7, 11) is 0. The fraction of sp³-hybridized carbons (Fsp3) is 0.600. The minimum absolute atomic E-state index is 0.706. The first-order valence-corrected chi connectivity index (χ1v) is 5.04. The molecule has 4 heteroatoms. The molecule has 3 N–H and O–H groups in total. The van der Waals surface area contributed by atoms with E-state index in [1.807, 2.05) is 13.0 Å². The molecule has 1 rings (SSSR count). The fourth-order valence-electron chi connectivity index (χ4n) is 1.22. The second kappa shape index (κ2) is 5.54. The van der Waals surface area contributed by atoms with Crippen LogP contribution < -0.4 is 11.1 Å². The van der Waals surface area contributed by atoms with Crippen molar-refractivity contribution < 1.29 is 0 Å². The van der Waals surface area contributed by atoms with Gasteiger partial charge in [0, 0.05) is 18.3 Å². The van der Waals surface area contributed by atoms with Crippen LogP contribution >= 0.6 is 0 Å². The van der Waals surface area contributed by atoms with Crippen LogP contribution in [0.25, 0.3) is 0 Å². The second-order valence-electron chi connectivity index (χ2n) is 3.21. The van der Waals surface area contributed by atoms with E-state index in [0.717, 1.165) is 36.7 Å². The van der Waals surface area contributed by atoms with Crippen LogP contribution in [0.3, 0.4) is 0 Å². The number of rotatable bonds is 5. The molecule has 0 bridgehead atoms. The number of hydrogen-bond acceptors (Lipinski definition) is 4. The Bertz CT molecular complexity index is 285. The molecule has 0 saturated heterocycles. The molecule has 1 aromatic rings. The molecule has 1 heterocycles. The lowest BCUT2D eigenvalue weighted by atomic mass is 10.3. The monoisotopic (exact) mass is 194 g/mol. The zero-order chi connectivity index (χ0) is 10.4. The molecule has 0 aromatic carbocycles. The van der Waals surface area contributed by atoms with E-state index in [1.54, 1.807) is 0 Å². The molecule has 0 amide bonds. The van der Waals surface area contributed by atoms with Gasteiger partial charge in [0.2, 0.25) is 0 Å². The van der Waals surface area contributed by atoms with Gasteiger partial charge in [0.1, 0.15) is 11.6 Å². The maximum atomic E-state index is 5.41. The predicted molar refractivity (Wildman–Crippen MR) is 58.3 cm³/mol. The summed E-state index contributed by atoms with van der Waals surface area (Å²) in [6.07, 6.45) is 1.90. The number of hydrogen-bond donors (Lipinski definition) is 2. The van der Waals surface area contributed by atoms with E-state index in [1.165, 1.54) is 0 Å². The van der Waals surface area contributed by atoms with Crippen molar-refractivity contribution in [2.75, 3.05) is 18.4 Å². The molecule has 0 fully saturated rings. The standard InChI is InChI=1S/C10H18N4/c1-3-9-7-10(12-6-4-5-11)14-8(2)13-9/h7H,3-6,11H2,1-2H3,(H,12,13,14). The Balaban J connectivity index is 2.62. The van der Waals surface area contributed by atoms with Crippen LogP contribution in [-0.2, 0) is 6.42 Å². The number of nitrogens with two attached hydrogens (primary N) is 1. The highest BCUT2D eigenvalue weighted by atomic mass is 15.0. The van der Waals surface area contributed by atoms with Crippen LogP contribution in [0.5, 0.6) is 0 Å². The average molecular weight is 194 g/mol. The number of aromatic nitrogens is 2. The lowest BCUT2D eigenvalue weighted by Gasteiger charge is -2.06. The number of aryl methyl sites for hydroxylation is 2. The summed E-state index contributed by atoms with van der Waals surface area (Å²) < 4.78 is 0. The third kappa shape index (κ3) is 3.30. The SMILES string of the molecule is CCc1cc(NCCCN)nc(C)n1. The highest BCUT2D eigenvalue weighted by molar-refractivity contribution is 5.35. The van der Waals surface area contributed by atoms with Gasteiger partial charge in [-0.15, -0.1) is 0 Å². The van der Waals surface area contributed by atoms with Crippen molar-refractivity contribution in [1.82, 2.24) is 9.97 Å². The highest BCUT2D eigenvalue weighted by Crippen LogP contribution is 2.06. The Kier molecular flexibility index (Phi) is 4.32. The van der Waals surface area contributed by atoms with Gasteiger partial charge in [-0.3, -0.25) is 0 Å². The third-order valence-corrected chi connectivity index (χ3v) is 1.94. The lowest BCUT2D eigenvalue weighted by Crippen LogP contribution is -2.10. The summed E-state index contributed by atoms with van der Waals surface area (Å²) in [5.74, 6) is 1.72. The number of nitrogens with one attached hydrogen (secondary N) is 1. The van der Waals surface area contributed by atoms with Gasteiger partial charge in [-0.05, 0) is 26.3 Å². The second-order valence-corrected chi connectivity index (χ2v) is 3.21. The molecule has 1 aromatic heterocycles. The van der Waals surface area contributed by atoms with E-state index in [4.69, 9.17) is 5.73 Å². The van der Waals surface area contributed by atoms with E-state index in [9.17, 15) is 0 Å². The molecular formula is C10H18N4. The Labute approximate surface area is 85.0 Å². The van der Waals surface area contributed by atoms with Crippen LogP contribution in [0.1, 0.15) is 24.9 Å². The van der Waals surface area contributed by atoms with Crippen LogP contribution in [0, 0.1) is 6.92 Å². The minimum atomic E-state index is 0.706. The van der Waals surface area contributed by atoms with Crippen molar-refractivity contribution in [1.29, 1.82) is 0 Å². The van der Waals surface area contributed by atoms with Crippen LogP contribution in [-0.4, -0.2) is 23.1 Å². The predicted octanol–water partition coefficient (Wildman–Crippen LogP) is 1.11. The summed E-state index contributed by atoms with van der Waals surface area (Å²) in [5, 5.41) is 3.23. The summed E-state index contributed by atoms with van der Waals surface area (Å²) in [5.41, 5.74) is 6.48. The molecule has 0 aliphatic rings. The maximum absolute atomic E-state index is 5.41. The largest absolute Gasteiger partial charge is 0.370 e. The van der Waals surface area contributed by atoms with Crippen molar-refractivity contribution >= 4 is 5.82 Å². The molecule has 78 valence electrons. The molecule has 0 radical (unpaired) electrons. The van der Waals surface area contributed by atoms with E-state index >= 15 is 0 Å². The molecule has 0 unspecified atom stereocenters. The Morgan fingerprint density at radius 2 is 2.21 bits per heavy atom. The van der Waals surface area contributed by atoms with Gasteiger partial charge in [-0.1, -0.05) is 6.92 Å². The highest BCUT2D eigenvalue weighted by Gasteiger charge is 1.98. The van der Waals surface area contributed by atoms with Gasteiger partial charge >= 0.3 is 0 Å². The van der Waals surface area contributed by atoms with Crippen molar-refractivity contribution in [3.8, 4) is 0 Å². The van der Waals surface area contributed by atoms with Gasteiger partial charge in [0.25, 0.3) is 0 Å². The summed E-state index contributed by atoms with van der Waals surface area (Å²) in [6, 6.07) is 1.99. The van der Waals surface area contributed by atoms with Crippen molar-refractivity contribution in [3.63, 3.8) is 0 Å². The van der Waals surface area contributed by atoms with E-state index in [0.29, 0.717) is 6.54 Å². The number of anilines is 1. The van der Waals surface area contributed by atoms with Crippen molar-refractivity contribution in [2.24, 2.45) is 5.73 Å². The molecule has 0 atom stereocenters. The third-order valence-electron chi connectivity index (χ3n) is 1.94. The minimum Gasteiger partial charge on any atom is -0.370 e. The fourth-order valence-corrected chi connectivity index (χ4v) is 1.22. The van der Waals surface area contributed by atoms with E-state index in [2.05, 4.69) is 22.2 Å². The van der Waals surface area contributed by atoms with Crippen LogP contribution in [0.15, 0.2) is 6.07 Å². The lowest BCUT2D eigenvalue weighted by molar-refractivity contribution is 0.862. The molecule has 0 aliphatic carbocycles. The zero-order valence-electron chi connectivity index (χ0n) is 8.88.